The summed E-state index contributed by atoms with van der Waals surface area (Å²) in [6.45, 7) is 2.11. The lowest BCUT2D eigenvalue weighted by molar-refractivity contribution is -0.0189. The van der Waals surface area contributed by atoms with Crippen LogP contribution in [0.1, 0.15) is 32.6 Å². The van der Waals surface area contributed by atoms with Gasteiger partial charge in [0.1, 0.15) is 0 Å². The smallest absolute Gasteiger partial charge is 0.0859 e. The molecule has 0 N–H and O–H groups in total. The third-order valence-corrected chi connectivity index (χ3v) is 7.01. The van der Waals surface area contributed by atoms with E-state index in [0.717, 1.165) is 25.7 Å². The minimum absolute atomic E-state index is 0.0363. The van der Waals surface area contributed by atoms with E-state index in [1.165, 1.54) is 0 Å². The second-order valence-electron chi connectivity index (χ2n) is 5.63. The maximum Gasteiger partial charge on any atom is 0.0859 e. The normalized spacial score (nSPS) is 44.5. The molecule has 0 aromatic heterocycles. The van der Waals surface area contributed by atoms with Gasteiger partial charge in [0.15, 0.2) is 0 Å². The molecule has 0 aliphatic carbocycles. The van der Waals surface area contributed by atoms with Crippen molar-refractivity contribution in [1.82, 2.24) is 0 Å². The highest BCUT2D eigenvalue weighted by Gasteiger charge is 2.39. The average Bonchev–Trinajstić information content (AvgIpc) is 2.81. The second kappa shape index (κ2) is 8.86. The molecular weight excluding hydrogens is 487 g/mol. The summed E-state index contributed by atoms with van der Waals surface area (Å²) in [5.41, 5.74) is 3.05. The van der Waals surface area contributed by atoms with E-state index in [4.69, 9.17) is 21.1 Å². The number of hydrogen-bond donors (Lipinski definition) is 0. The van der Waals surface area contributed by atoms with Crippen LogP contribution in [0.3, 0.4) is 0 Å². The first kappa shape index (κ1) is 18.5. The van der Waals surface area contributed by atoms with E-state index in [0.29, 0.717) is 9.65 Å². The van der Waals surface area contributed by atoms with Crippen molar-refractivity contribution in [2.75, 3.05) is 0 Å². The molecule has 2 fully saturated rings. The summed E-state index contributed by atoms with van der Waals surface area (Å²) < 4.78 is 12.3. The van der Waals surface area contributed by atoms with Gasteiger partial charge in [0, 0.05) is 21.1 Å². The largest absolute Gasteiger partial charge is 0.372 e. The molecule has 7 atom stereocenters. The Morgan fingerprint density at radius 1 is 1.10 bits per heavy atom. The fourth-order valence-corrected chi connectivity index (χ4v) is 4.29. The Labute approximate surface area is 157 Å². The summed E-state index contributed by atoms with van der Waals surface area (Å²) in [6.07, 6.45) is 6.02. The molecule has 1 unspecified atom stereocenters. The molecule has 0 saturated carbocycles. The molecule has 21 heavy (non-hydrogen) atoms. The molecule has 0 aromatic rings. The van der Waals surface area contributed by atoms with E-state index in [1.54, 1.807) is 4.99 Å². The first-order valence-corrected chi connectivity index (χ1v) is 10.4. The summed E-state index contributed by atoms with van der Waals surface area (Å²) in [5, 5.41) is 0.0528. The first-order chi connectivity index (χ1) is 10.0. The SMILES string of the molecule is C[C@@H]1OC(C=C=CBr)C[C@H]2O[C@@H](C[C@H]2Cl)[C@@H](Br)CC[C@H]1Br. The minimum atomic E-state index is -0.0364. The van der Waals surface area contributed by atoms with Crippen LogP contribution in [0.2, 0.25) is 0 Å². The van der Waals surface area contributed by atoms with Crippen molar-refractivity contribution in [3.05, 3.63) is 16.8 Å². The molecule has 2 bridgehead atoms. The van der Waals surface area contributed by atoms with Crippen molar-refractivity contribution in [2.45, 2.75) is 72.1 Å². The van der Waals surface area contributed by atoms with Crippen molar-refractivity contribution >= 4 is 59.4 Å². The lowest BCUT2D eigenvalue weighted by Gasteiger charge is -2.25. The van der Waals surface area contributed by atoms with E-state index in [1.807, 2.05) is 6.08 Å². The molecule has 0 spiro atoms. The third-order valence-electron chi connectivity index (χ3n) is 4.04. The van der Waals surface area contributed by atoms with Crippen LogP contribution in [0, 0.1) is 0 Å². The van der Waals surface area contributed by atoms with E-state index in [9.17, 15) is 0 Å². The van der Waals surface area contributed by atoms with E-state index in [-0.39, 0.29) is 29.8 Å². The van der Waals surface area contributed by atoms with Crippen LogP contribution in [0.25, 0.3) is 0 Å². The van der Waals surface area contributed by atoms with Crippen LogP contribution in [-0.4, -0.2) is 39.4 Å². The van der Waals surface area contributed by atoms with Crippen LogP contribution < -0.4 is 0 Å². The molecule has 0 amide bonds. The summed E-state index contributed by atoms with van der Waals surface area (Å²) in [7, 11) is 0. The number of rotatable bonds is 1. The molecule has 2 rings (SSSR count). The van der Waals surface area contributed by atoms with Crippen molar-refractivity contribution in [1.29, 1.82) is 0 Å². The Bertz CT molecular complexity index is 400. The minimum Gasteiger partial charge on any atom is -0.372 e. The Morgan fingerprint density at radius 3 is 2.52 bits per heavy atom. The maximum absolute atomic E-state index is 6.47. The maximum atomic E-state index is 6.47. The monoisotopic (exact) mass is 504 g/mol. The van der Waals surface area contributed by atoms with Crippen LogP contribution >= 0.6 is 59.4 Å². The van der Waals surface area contributed by atoms with Crippen molar-refractivity contribution in [2.24, 2.45) is 0 Å². The van der Waals surface area contributed by atoms with Gasteiger partial charge in [0.25, 0.3) is 0 Å². The Balaban J connectivity index is 2.16. The molecule has 2 saturated heterocycles. The van der Waals surface area contributed by atoms with Crippen LogP contribution in [0.4, 0.5) is 0 Å². The highest BCUT2D eigenvalue weighted by molar-refractivity contribution is 9.11. The molecular formula is C15H20Br3ClO2. The number of hydrogen-bond acceptors (Lipinski definition) is 2. The quantitative estimate of drug-likeness (QED) is 0.354. The zero-order valence-corrected chi connectivity index (χ0v) is 17.4. The number of halogens is 4. The van der Waals surface area contributed by atoms with Gasteiger partial charge in [0.2, 0.25) is 0 Å². The zero-order chi connectivity index (χ0) is 15.4. The number of fused-ring (bicyclic) bond motifs is 2. The highest BCUT2D eigenvalue weighted by Crippen LogP contribution is 2.36. The van der Waals surface area contributed by atoms with Gasteiger partial charge in [-0.05, 0) is 32.3 Å². The topological polar surface area (TPSA) is 18.5 Å². The molecule has 2 heterocycles. The fourth-order valence-electron chi connectivity index (χ4n) is 2.81. The Morgan fingerprint density at radius 2 is 1.81 bits per heavy atom. The van der Waals surface area contributed by atoms with E-state index in [2.05, 4.69) is 60.4 Å². The Hall–Kier alpha value is 1.17. The summed E-state index contributed by atoms with van der Waals surface area (Å²) >= 11 is 17.2. The van der Waals surface area contributed by atoms with Gasteiger partial charge in [-0.2, -0.15) is 0 Å². The van der Waals surface area contributed by atoms with E-state index >= 15 is 0 Å². The second-order valence-corrected chi connectivity index (χ2v) is 9.00. The summed E-state index contributed by atoms with van der Waals surface area (Å²) in [6, 6.07) is 0. The van der Waals surface area contributed by atoms with Crippen molar-refractivity contribution in [3.8, 4) is 0 Å². The average molecular weight is 507 g/mol. The van der Waals surface area contributed by atoms with Crippen LogP contribution in [0.15, 0.2) is 16.8 Å². The predicted octanol–water partition coefficient (Wildman–Crippen LogP) is 5.30. The van der Waals surface area contributed by atoms with E-state index < -0.39 is 0 Å². The van der Waals surface area contributed by atoms with Gasteiger partial charge in [-0.15, -0.1) is 17.3 Å². The first-order valence-electron chi connectivity index (χ1n) is 7.25. The van der Waals surface area contributed by atoms with Gasteiger partial charge < -0.3 is 9.47 Å². The van der Waals surface area contributed by atoms with Gasteiger partial charge >= 0.3 is 0 Å². The molecule has 2 nitrogen and oxygen atoms in total. The number of ether oxygens (including phenoxy) is 2. The lowest BCUT2D eigenvalue weighted by Crippen LogP contribution is -2.30. The van der Waals surface area contributed by atoms with Crippen molar-refractivity contribution < 1.29 is 9.47 Å². The molecule has 6 heteroatoms. The van der Waals surface area contributed by atoms with Crippen molar-refractivity contribution in [3.63, 3.8) is 0 Å². The molecule has 0 aromatic carbocycles. The predicted molar refractivity (Wildman–Crippen MR) is 98.1 cm³/mol. The number of alkyl halides is 3. The third kappa shape index (κ3) is 5.34. The van der Waals surface area contributed by atoms with Crippen LogP contribution in [-0.2, 0) is 9.47 Å². The zero-order valence-electron chi connectivity index (χ0n) is 11.9. The van der Waals surface area contributed by atoms with Gasteiger partial charge in [-0.25, -0.2) is 0 Å². The molecule has 120 valence electrons. The Kier molecular flexibility index (Phi) is 7.81. The molecule has 2 aliphatic heterocycles. The van der Waals surface area contributed by atoms with Gasteiger partial charge in [-0.1, -0.05) is 47.8 Å². The highest BCUT2D eigenvalue weighted by atomic mass is 79.9. The van der Waals surface area contributed by atoms with Gasteiger partial charge in [-0.3, -0.25) is 0 Å². The lowest BCUT2D eigenvalue weighted by atomic mass is 10.0. The molecule has 0 radical (unpaired) electrons. The molecule has 2 aliphatic rings. The van der Waals surface area contributed by atoms with Crippen LogP contribution in [0.5, 0.6) is 0 Å². The van der Waals surface area contributed by atoms with Gasteiger partial charge in [0.05, 0.1) is 29.8 Å². The summed E-state index contributed by atoms with van der Waals surface area (Å²) in [5.74, 6) is 0. The summed E-state index contributed by atoms with van der Waals surface area (Å²) in [4.78, 5) is 2.40. The fraction of sp³-hybridized carbons (Fsp3) is 0.800. The standard InChI is InChI=1S/C15H20Br3ClO2/c1-9-11(17)4-5-12(18)14-8-13(19)15(21-14)7-10(20-9)3-2-6-16/h3,6,9-15H,4-5,7-8H2,1H3/t2?,9-,10?,11+,12-,13+,14-,15+/m0/s1.